The molecular weight excluding hydrogens is 552 g/mol. The number of anilines is 1. The molecule has 1 saturated carbocycles. The van der Waals surface area contributed by atoms with E-state index >= 15 is 0 Å². The van der Waals surface area contributed by atoms with Gasteiger partial charge in [-0.3, -0.25) is 8.98 Å². The van der Waals surface area contributed by atoms with Gasteiger partial charge >= 0.3 is 10.3 Å². The monoisotopic (exact) mass is 578 g/mol. The molecular formula is C25H27ClN4O6S2. The minimum atomic E-state index is -3.99. The van der Waals surface area contributed by atoms with E-state index < -0.39 is 16.4 Å². The third-order valence-corrected chi connectivity index (χ3v) is 8.68. The molecule has 1 aliphatic carbocycles. The predicted molar refractivity (Wildman–Crippen MR) is 142 cm³/mol. The van der Waals surface area contributed by atoms with E-state index in [9.17, 15) is 18.3 Å². The molecule has 3 atom stereocenters. The molecule has 4 N–H and O–H groups in total. The number of aromatic nitrogens is 2. The Morgan fingerprint density at radius 3 is 2.92 bits per heavy atom. The van der Waals surface area contributed by atoms with Gasteiger partial charge in [-0.2, -0.15) is 8.42 Å². The van der Waals surface area contributed by atoms with E-state index in [0.717, 1.165) is 36.0 Å². The number of ketones is 1. The Hall–Kier alpha value is -2.45. The Kier molecular flexibility index (Phi) is 8.10. The van der Waals surface area contributed by atoms with Crippen LogP contribution in [0.25, 0.3) is 0 Å². The highest BCUT2D eigenvalue weighted by Gasteiger charge is 2.30. The minimum Gasteiger partial charge on any atom is -0.391 e. The van der Waals surface area contributed by atoms with Gasteiger partial charge in [0.2, 0.25) is 5.78 Å². The Balaban J connectivity index is 1.36. The van der Waals surface area contributed by atoms with Crippen LogP contribution in [-0.2, 0) is 32.3 Å². The fourth-order valence-electron chi connectivity index (χ4n) is 5.06. The van der Waals surface area contributed by atoms with Crippen molar-refractivity contribution in [2.75, 3.05) is 18.5 Å². The number of thiophene rings is 1. The van der Waals surface area contributed by atoms with Crippen molar-refractivity contribution < 1.29 is 27.2 Å². The lowest BCUT2D eigenvalue weighted by Crippen LogP contribution is -2.22. The smallest absolute Gasteiger partial charge is 0.333 e. The highest BCUT2D eigenvalue weighted by Crippen LogP contribution is 2.40. The topological polar surface area (TPSA) is 154 Å². The van der Waals surface area contributed by atoms with Crippen LogP contribution in [-0.4, -0.2) is 48.5 Å². The minimum absolute atomic E-state index is 0.0191. The number of halogens is 1. The SMILES string of the molecule is NS(=O)(=O)OC[C@@H]1CC[C@H](Nc2ncncc2C(=O)c2cc(C3OCCc4ccc(Cl)cc43)c(CO)s2)C1. The van der Waals surface area contributed by atoms with Crippen molar-refractivity contribution in [3.8, 4) is 0 Å². The average molecular weight is 579 g/mol. The van der Waals surface area contributed by atoms with Crippen LogP contribution in [0.1, 0.15) is 62.2 Å². The number of aliphatic hydroxyl groups excluding tert-OH is 1. The van der Waals surface area contributed by atoms with Crippen molar-refractivity contribution in [2.45, 2.75) is 44.4 Å². The van der Waals surface area contributed by atoms with Gasteiger partial charge in [0, 0.05) is 27.7 Å². The van der Waals surface area contributed by atoms with Crippen molar-refractivity contribution >= 4 is 44.8 Å². The van der Waals surface area contributed by atoms with E-state index in [1.807, 2.05) is 18.2 Å². The molecule has 3 heterocycles. The van der Waals surface area contributed by atoms with Crippen LogP contribution in [0, 0.1) is 5.92 Å². The molecule has 13 heteroatoms. The van der Waals surface area contributed by atoms with Crippen LogP contribution in [0.5, 0.6) is 0 Å². The number of carbonyl (C=O) groups is 1. The van der Waals surface area contributed by atoms with Gasteiger partial charge in [-0.05, 0) is 60.9 Å². The van der Waals surface area contributed by atoms with Gasteiger partial charge in [-0.15, -0.1) is 11.3 Å². The number of nitrogens with two attached hydrogens (primary N) is 1. The van der Waals surface area contributed by atoms with Crippen LogP contribution >= 0.6 is 22.9 Å². The molecule has 1 unspecified atom stereocenters. The van der Waals surface area contributed by atoms with Crippen molar-refractivity contribution in [2.24, 2.45) is 11.1 Å². The lowest BCUT2D eigenvalue weighted by Gasteiger charge is -2.26. The molecule has 5 rings (SSSR count). The molecule has 3 aromatic rings. The summed E-state index contributed by atoms with van der Waals surface area (Å²) in [5, 5.41) is 18.9. The van der Waals surface area contributed by atoms with E-state index in [1.54, 1.807) is 6.07 Å². The van der Waals surface area contributed by atoms with Crippen molar-refractivity contribution in [3.05, 3.63) is 73.8 Å². The zero-order valence-electron chi connectivity index (χ0n) is 20.3. The third-order valence-electron chi connectivity index (χ3n) is 6.84. The third kappa shape index (κ3) is 6.07. The molecule has 0 saturated heterocycles. The van der Waals surface area contributed by atoms with Crippen LogP contribution in [0.2, 0.25) is 5.02 Å². The van der Waals surface area contributed by atoms with Gasteiger partial charge in [0.1, 0.15) is 18.2 Å². The first kappa shape index (κ1) is 27.1. The summed E-state index contributed by atoms with van der Waals surface area (Å²) in [6.45, 7) is 0.310. The summed E-state index contributed by atoms with van der Waals surface area (Å²) in [5.41, 5.74) is 3.11. The Morgan fingerprint density at radius 1 is 1.29 bits per heavy atom. The number of hydrogen-bond acceptors (Lipinski definition) is 10. The molecule has 1 aromatic carbocycles. The lowest BCUT2D eigenvalue weighted by molar-refractivity contribution is 0.0688. The Labute approximate surface area is 229 Å². The average Bonchev–Trinajstić information content (AvgIpc) is 3.53. The molecule has 0 bridgehead atoms. The summed E-state index contributed by atoms with van der Waals surface area (Å²) >= 11 is 7.47. The Bertz CT molecular complexity index is 1450. The molecule has 2 aromatic heterocycles. The fourth-order valence-corrected chi connectivity index (χ4v) is 6.62. The van der Waals surface area contributed by atoms with E-state index in [2.05, 4.69) is 15.3 Å². The number of fused-ring (bicyclic) bond motifs is 1. The molecule has 38 heavy (non-hydrogen) atoms. The highest BCUT2D eigenvalue weighted by atomic mass is 35.5. The summed E-state index contributed by atoms with van der Waals surface area (Å²) in [4.78, 5) is 23.1. The zero-order valence-corrected chi connectivity index (χ0v) is 22.7. The second kappa shape index (κ2) is 11.3. The molecule has 0 spiro atoms. The van der Waals surface area contributed by atoms with Crippen LogP contribution in [0.15, 0.2) is 36.8 Å². The van der Waals surface area contributed by atoms with Gasteiger partial charge in [0.05, 0.1) is 30.3 Å². The van der Waals surface area contributed by atoms with E-state index in [-0.39, 0.29) is 31.0 Å². The van der Waals surface area contributed by atoms with Crippen molar-refractivity contribution in [1.29, 1.82) is 0 Å². The second-order valence-electron chi connectivity index (χ2n) is 9.40. The molecule has 1 fully saturated rings. The van der Waals surface area contributed by atoms with Gasteiger partial charge in [0.25, 0.3) is 0 Å². The lowest BCUT2D eigenvalue weighted by atomic mass is 9.93. The summed E-state index contributed by atoms with van der Waals surface area (Å²) in [5.74, 6) is 0.147. The number of aliphatic hydroxyl groups is 1. The maximum Gasteiger partial charge on any atom is 0.333 e. The number of benzene rings is 1. The molecule has 202 valence electrons. The Morgan fingerprint density at radius 2 is 2.13 bits per heavy atom. The maximum absolute atomic E-state index is 13.6. The molecule has 10 nitrogen and oxygen atoms in total. The van der Waals surface area contributed by atoms with Gasteiger partial charge in [0.15, 0.2) is 0 Å². The summed E-state index contributed by atoms with van der Waals surface area (Å²) in [7, 11) is -3.99. The van der Waals surface area contributed by atoms with E-state index in [4.69, 9.17) is 25.7 Å². The summed E-state index contributed by atoms with van der Waals surface area (Å²) < 4.78 is 33.0. The second-order valence-corrected chi connectivity index (χ2v) is 12.2. The number of nitrogens with one attached hydrogen (secondary N) is 1. The van der Waals surface area contributed by atoms with Crippen LogP contribution < -0.4 is 10.5 Å². The molecule has 1 aliphatic heterocycles. The van der Waals surface area contributed by atoms with Gasteiger partial charge < -0.3 is 15.2 Å². The number of hydrogen-bond donors (Lipinski definition) is 3. The number of nitrogens with zero attached hydrogens (tertiary/aromatic N) is 2. The first-order valence-electron chi connectivity index (χ1n) is 12.1. The van der Waals surface area contributed by atoms with Gasteiger partial charge in [-0.25, -0.2) is 15.1 Å². The van der Waals surface area contributed by atoms with E-state index in [0.29, 0.717) is 39.2 Å². The molecule has 0 amide bonds. The van der Waals surface area contributed by atoms with Crippen LogP contribution in [0.4, 0.5) is 5.82 Å². The summed E-state index contributed by atoms with van der Waals surface area (Å²) in [6, 6.07) is 7.46. The van der Waals surface area contributed by atoms with E-state index in [1.165, 1.54) is 23.9 Å². The van der Waals surface area contributed by atoms with Crippen molar-refractivity contribution in [3.63, 3.8) is 0 Å². The van der Waals surface area contributed by atoms with Gasteiger partial charge in [-0.1, -0.05) is 17.7 Å². The predicted octanol–water partition coefficient (Wildman–Crippen LogP) is 3.38. The largest absolute Gasteiger partial charge is 0.391 e. The number of carbonyl (C=O) groups excluding carboxylic acids is 1. The standard InChI is InChI=1S/C25H27ClN4O6S2/c26-16-3-2-15-5-6-35-24(18(15)8-16)19-9-21(37-22(19)11-31)23(32)20-10-28-13-29-25(20)30-17-4-1-14(7-17)12-36-38(27,33)34/h2-3,8-10,13-14,17,24,31H,1,4-7,11-12H2,(H2,27,33,34)(H,28,29,30)/t14-,17+,24?/m1/s1. The van der Waals surface area contributed by atoms with Crippen molar-refractivity contribution in [1.82, 2.24) is 9.97 Å². The summed E-state index contributed by atoms with van der Waals surface area (Å²) in [6.07, 6.45) is 5.32. The number of rotatable bonds is 9. The first-order chi connectivity index (χ1) is 18.2. The zero-order chi connectivity index (χ0) is 26.9. The van der Waals surface area contributed by atoms with Crippen LogP contribution in [0.3, 0.4) is 0 Å². The number of ether oxygens (including phenoxy) is 1. The molecule has 0 radical (unpaired) electrons. The first-order valence-corrected chi connectivity index (χ1v) is 14.8. The normalized spacial score (nSPS) is 21.3. The molecule has 2 aliphatic rings. The quantitative estimate of drug-likeness (QED) is 0.324. The maximum atomic E-state index is 13.6. The highest BCUT2D eigenvalue weighted by molar-refractivity contribution is 7.84. The fraction of sp³-hybridized carbons (Fsp3) is 0.400.